The Hall–Kier alpha value is -1.84. The smallest absolute Gasteiger partial charge is 0.0993 e. The molecule has 1 aromatic rings. The number of nitriles is 2. The van der Waals surface area contributed by atoms with Crippen molar-refractivity contribution >= 4 is 0 Å². The van der Waals surface area contributed by atoms with Gasteiger partial charge in [0.1, 0.15) is 0 Å². The summed E-state index contributed by atoms with van der Waals surface area (Å²) in [7, 11) is 0. The second-order valence-electron chi connectivity index (χ2n) is 4.45. The minimum Gasteiger partial charge on any atom is -0.284 e. The molecule has 0 N–H and O–H groups in total. The topological polar surface area (TPSA) is 50.8 Å². The van der Waals surface area contributed by atoms with Crippen LogP contribution in [0.1, 0.15) is 18.4 Å². The molecule has 17 heavy (non-hydrogen) atoms. The van der Waals surface area contributed by atoms with Gasteiger partial charge in [-0.3, -0.25) is 4.90 Å². The van der Waals surface area contributed by atoms with E-state index >= 15 is 0 Å². The van der Waals surface area contributed by atoms with Crippen molar-refractivity contribution in [2.24, 2.45) is 5.92 Å². The predicted octanol–water partition coefficient (Wildman–Crippen LogP) is 2.31. The average Bonchev–Trinajstić information content (AvgIpc) is 2.40. The largest absolute Gasteiger partial charge is 0.284 e. The lowest BCUT2D eigenvalue weighted by Gasteiger charge is -2.33. The Morgan fingerprint density at radius 1 is 1.18 bits per heavy atom. The summed E-state index contributed by atoms with van der Waals surface area (Å²) < 4.78 is 0. The van der Waals surface area contributed by atoms with E-state index in [1.165, 1.54) is 5.56 Å². The molecule has 1 saturated heterocycles. The first-order valence-electron chi connectivity index (χ1n) is 5.90. The van der Waals surface area contributed by atoms with Gasteiger partial charge >= 0.3 is 0 Å². The highest BCUT2D eigenvalue weighted by Gasteiger charge is 2.28. The molecule has 0 aromatic heterocycles. The standard InChI is InChI=1S/C14H15N3/c15-9-13-6-7-17(14(8-13)10-16)11-12-4-2-1-3-5-12/h1-5,13-14H,6-8,11H2. The molecule has 0 bridgehead atoms. The first kappa shape index (κ1) is 11.6. The minimum atomic E-state index is -0.117. The Labute approximate surface area is 102 Å². The molecule has 1 heterocycles. The van der Waals surface area contributed by atoms with E-state index in [-0.39, 0.29) is 12.0 Å². The first-order chi connectivity index (χ1) is 8.33. The predicted molar refractivity (Wildman–Crippen MR) is 64.6 cm³/mol. The van der Waals surface area contributed by atoms with Crippen LogP contribution in [0.5, 0.6) is 0 Å². The average molecular weight is 225 g/mol. The number of nitrogens with zero attached hydrogens (tertiary/aromatic N) is 3. The lowest BCUT2D eigenvalue weighted by molar-refractivity contribution is 0.155. The molecule has 0 aliphatic carbocycles. The third kappa shape index (κ3) is 2.84. The normalized spacial score (nSPS) is 24.8. The quantitative estimate of drug-likeness (QED) is 0.776. The second kappa shape index (κ2) is 5.48. The van der Waals surface area contributed by atoms with Gasteiger partial charge in [-0.2, -0.15) is 10.5 Å². The molecule has 0 amide bonds. The Morgan fingerprint density at radius 2 is 1.94 bits per heavy atom. The van der Waals surface area contributed by atoms with Crippen LogP contribution in [0.25, 0.3) is 0 Å². The number of benzene rings is 1. The summed E-state index contributed by atoms with van der Waals surface area (Å²) in [6.45, 7) is 1.64. The van der Waals surface area contributed by atoms with Crippen LogP contribution in [-0.4, -0.2) is 17.5 Å². The highest BCUT2D eigenvalue weighted by molar-refractivity contribution is 5.15. The van der Waals surface area contributed by atoms with Crippen molar-refractivity contribution in [2.45, 2.75) is 25.4 Å². The Kier molecular flexibility index (Phi) is 3.75. The van der Waals surface area contributed by atoms with Crippen molar-refractivity contribution in [1.29, 1.82) is 10.5 Å². The third-order valence-electron chi connectivity index (χ3n) is 3.27. The van der Waals surface area contributed by atoms with Crippen molar-refractivity contribution in [2.75, 3.05) is 6.54 Å². The van der Waals surface area contributed by atoms with E-state index in [0.717, 1.165) is 19.5 Å². The summed E-state index contributed by atoms with van der Waals surface area (Å²) in [5.41, 5.74) is 1.23. The number of rotatable bonds is 2. The summed E-state index contributed by atoms with van der Waals surface area (Å²) in [6.07, 6.45) is 1.56. The van der Waals surface area contributed by atoms with Gasteiger partial charge in [-0.25, -0.2) is 0 Å². The number of hydrogen-bond donors (Lipinski definition) is 0. The van der Waals surface area contributed by atoms with Gasteiger partial charge in [0.15, 0.2) is 0 Å². The molecular weight excluding hydrogens is 210 g/mol. The molecule has 2 atom stereocenters. The molecule has 0 radical (unpaired) electrons. The minimum absolute atomic E-state index is 0.0478. The van der Waals surface area contributed by atoms with Crippen molar-refractivity contribution in [3.63, 3.8) is 0 Å². The van der Waals surface area contributed by atoms with Crippen LogP contribution in [0.3, 0.4) is 0 Å². The molecule has 2 rings (SSSR count). The molecule has 0 spiro atoms. The fraction of sp³-hybridized carbons (Fsp3) is 0.429. The Morgan fingerprint density at radius 3 is 2.59 bits per heavy atom. The van der Waals surface area contributed by atoms with Gasteiger partial charge < -0.3 is 0 Å². The number of hydrogen-bond acceptors (Lipinski definition) is 3. The number of piperidine rings is 1. The zero-order valence-corrected chi connectivity index (χ0v) is 9.71. The van der Waals surface area contributed by atoms with Crippen LogP contribution in [0.2, 0.25) is 0 Å². The summed E-state index contributed by atoms with van der Waals surface area (Å²) in [6, 6.07) is 14.6. The molecule has 1 aliphatic rings. The lowest BCUT2D eigenvalue weighted by atomic mass is 9.92. The fourth-order valence-electron chi connectivity index (χ4n) is 2.27. The molecule has 86 valence electrons. The van der Waals surface area contributed by atoms with Crippen molar-refractivity contribution < 1.29 is 0 Å². The lowest BCUT2D eigenvalue weighted by Crippen LogP contribution is -2.40. The van der Waals surface area contributed by atoms with Crippen molar-refractivity contribution in [3.8, 4) is 12.1 Å². The molecule has 1 aliphatic heterocycles. The molecule has 1 aromatic carbocycles. The van der Waals surface area contributed by atoms with E-state index in [2.05, 4.69) is 29.2 Å². The van der Waals surface area contributed by atoms with Gasteiger partial charge in [-0.1, -0.05) is 30.3 Å². The monoisotopic (exact) mass is 225 g/mol. The van der Waals surface area contributed by atoms with Crippen molar-refractivity contribution in [3.05, 3.63) is 35.9 Å². The van der Waals surface area contributed by atoms with Crippen LogP contribution >= 0.6 is 0 Å². The Bertz CT molecular complexity index is 441. The van der Waals surface area contributed by atoms with Gasteiger partial charge in [0, 0.05) is 13.1 Å². The molecule has 0 saturated carbocycles. The maximum atomic E-state index is 9.15. The van der Waals surface area contributed by atoms with E-state index in [0.29, 0.717) is 6.42 Å². The first-order valence-corrected chi connectivity index (χ1v) is 5.90. The van der Waals surface area contributed by atoms with Crippen LogP contribution in [0.15, 0.2) is 30.3 Å². The zero-order chi connectivity index (χ0) is 12.1. The van der Waals surface area contributed by atoms with Gasteiger partial charge in [-0.15, -0.1) is 0 Å². The second-order valence-corrected chi connectivity index (χ2v) is 4.45. The summed E-state index contributed by atoms with van der Waals surface area (Å²) in [5.74, 6) is 0.0478. The van der Waals surface area contributed by atoms with E-state index < -0.39 is 0 Å². The Balaban J connectivity index is 2.02. The summed E-state index contributed by atoms with van der Waals surface area (Å²) in [4.78, 5) is 2.17. The van der Waals surface area contributed by atoms with Gasteiger partial charge in [0.2, 0.25) is 0 Å². The maximum Gasteiger partial charge on any atom is 0.0993 e. The summed E-state index contributed by atoms with van der Waals surface area (Å²) in [5, 5.41) is 18.1. The third-order valence-corrected chi connectivity index (χ3v) is 3.27. The number of likely N-dealkylation sites (tertiary alicyclic amines) is 1. The fourth-order valence-corrected chi connectivity index (χ4v) is 2.27. The highest BCUT2D eigenvalue weighted by atomic mass is 15.2. The zero-order valence-electron chi connectivity index (χ0n) is 9.71. The van der Waals surface area contributed by atoms with Crippen LogP contribution in [0.4, 0.5) is 0 Å². The van der Waals surface area contributed by atoms with Crippen LogP contribution < -0.4 is 0 Å². The summed E-state index contributed by atoms with van der Waals surface area (Å²) >= 11 is 0. The van der Waals surface area contributed by atoms with Gasteiger partial charge in [-0.05, 0) is 18.4 Å². The maximum absolute atomic E-state index is 9.15. The molecule has 3 heteroatoms. The molecule has 2 unspecified atom stereocenters. The van der Waals surface area contributed by atoms with E-state index in [9.17, 15) is 0 Å². The van der Waals surface area contributed by atoms with E-state index in [1.54, 1.807) is 0 Å². The highest BCUT2D eigenvalue weighted by Crippen LogP contribution is 2.23. The van der Waals surface area contributed by atoms with E-state index in [4.69, 9.17) is 10.5 Å². The molecule has 3 nitrogen and oxygen atoms in total. The van der Waals surface area contributed by atoms with Crippen LogP contribution in [0, 0.1) is 28.6 Å². The van der Waals surface area contributed by atoms with E-state index in [1.807, 2.05) is 18.2 Å². The van der Waals surface area contributed by atoms with Crippen LogP contribution in [-0.2, 0) is 6.54 Å². The molecular formula is C14H15N3. The SMILES string of the molecule is N#CC1CCN(Cc2ccccc2)C(C#N)C1. The van der Waals surface area contributed by atoms with Crippen molar-refractivity contribution in [1.82, 2.24) is 4.90 Å². The molecule has 1 fully saturated rings. The van der Waals surface area contributed by atoms with Gasteiger partial charge in [0.25, 0.3) is 0 Å². The van der Waals surface area contributed by atoms with Gasteiger partial charge in [0.05, 0.1) is 24.1 Å².